The first-order valence-electron chi connectivity index (χ1n) is 11.7. The van der Waals surface area contributed by atoms with Gasteiger partial charge in [-0.2, -0.15) is 0 Å². The lowest BCUT2D eigenvalue weighted by Gasteiger charge is -2.26. The molecule has 1 aliphatic rings. The van der Waals surface area contributed by atoms with Gasteiger partial charge in [0.2, 0.25) is 5.91 Å². The van der Waals surface area contributed by atoms with Gasteiger partial charge in [0.05, 0.1) is 29.5 Å². The van der Waals surface area contributed by atoms with Crippen LogP contribution in [0.3, 0.4) is 0 Å². The number of carbonyl (C=O) groups excluding carboxylic acids is 1. The summed E-state index contributed by atoms with van der Waals surface area (Å²) in [5.41, 5.74) is 3.39. The van der Waals surface area contributed by atoms with E-state index in [9.17, 15) is 9.59 Å². The molecule has 0 spiro atoms. The van der Waals surface area contributed by atoms with E-state index in [-0.39, 0.29) is 23.3 Å². The van der Waals surface area contributed by atoms with Crippen LogP contribution >= 0.6 is 34.7 Å². The van der Waals surface area contributed by atoms with Gasteiger partial charge in [0.25, 0.3) is 5.56 Å². The monoisotopic (exact) mass is 539 g/mol. The van der Waals surface area contributed by atoms with Crippen molar-refractivity contribution in [2.24, 2.45) is 5.92 Å². The number of fused-ring (bicyclic) bond motifs is 3. The van der Waals surface area contributed by atoms with Crippen LogP contribution < -0.4 is 10.9 Å². The number of halogens is 1. The average Bonchev–Trinajstić information content (AvgIpc) is 3.22. The number of hydrogen-bond acceptors (Lipinski definition) is 6. The number of amides is 1. The number of hydrogen-bond donors (Lipinski definition) is 1. The van der Waals surface area contributed by atoms with Crippen molar-refractivity contribution < 1.29 is 9.53 Å². The first kappa shape index (κ1) is 25.0. The number of aryl methyl sites for hydroxylation is 1. The second-order valence-corrected chi connectivity index (χ2v) is 11.7. The third kappa shape index (κ3) is 5.09. The third-order valence-corrected chi connectivity index (χ3v) is 8.47. The first-order chi connectivity index (χ1) is 17.3. The normalized spacial score (nSPS) is 15.3. The highest BCUT2D eigenvalue weighted by Gasteiger charge is 2.29. The maximum absolute atomic E-state index is 14.0. The van der Waals surface area contributed by atoms with Gasteiger partial charge in [-0.25, -0.2) is 4.98 Å². The SMILES string of the molecule is Cc1cccc(-n2c(SCC(=O)Nc3ccc(Cl)cc3)nc3sc4c(c3c2=O)C[C@H](C(C)C)OC4)c1. The maximum atomic E-state index is 14.0. The number of thioether (sulfide) groups is 1. The van der Waals surface area contributed by atoms with Crippen molar-refractivity contribution in [2.75, 3.05) is 11.1 Å². The molecule has 5 rings (SSSR count). The molecule has 0 saturated heterocycles. The van der Waals surface area contributed by atoms with Gasteiger partial charge < -0.3 is 10.1 Å². The predicted molar refractivity (Wildman–Crippen MR) is 148 cm³/mol. The van der Waals surface area contributed by atoms with Crippen LogP contribution in [0.25, 0.3) is 15.9 Å². The number of benzene rings is 2. The second kappa shape index (κ2) is 10.4. The number of carbonyl (C=O) groups is 1. The number of aromatic nitrogens is 2. The van der Waals surface area contributed by atoms with Crippen molar-refractivity contribution in [3.8, 4) is 5.69 Å². The van der Waals surface area contributed by atoms with Gasteiger partial charge in [-0.3, -0.25) is 14.2 Å². The van der Waals surface area contributed by atoms with E-state index in [1.807, 2.05) is 31.2 Å². The first-order valence-corrected chi connectivity index (χ1v) is 13.9. The van der Waals surface area contributed by atoms with Crippen molar-refractivity contribution in [2.45, 2.75) is 45.1 Å². The van der Waals surface area contributed by atoms with Gasteiger partial charge in [0.15, 0.2) is 5.16 Å². The van der Waals surface area contributed by atoms with Crippen LogP contribution in [0.4, 0.5) is 5.69 Å². The number of nitrogens with zero attached hydrogens (tertiary/aromatic N) is 2. The van der Waals surface area contributed by atoms with Crippen molar-refractivity contribution in [1.82, 2.24) is 9.55 Å². The summed E-state index contributed by atoms with van der Waals surface area (Å²) in [6.07, 6.45) is 0.779. The summed E-state index contributed by atoms with van der Waals surface area (Å²) in [6, 6.07) is 14.7. The van der Waals surface area contributed by atoms with E-state index >= 15 is 0 Å². The van der Waals surface area contributed by atoms with Crippen LogP contribution in [-0.4, -0.2) is 27.3 Å². The van der Waals surface area contributed by atoms with Gasteiger partial charge in [0, 0.05) is 22.0 Å². The molecule has 1 N–H and O–H groups in total. The molecule has 3 heterocycles. The molecule has 2 aromatic carbocycles. The highest BCUT2D eigenvalue weighted by atomic mass is 35.5. The summed E-state index contributed by atoms with van der Waals surface area (Å²) in [4.78, 5) is 33.3. The Labute approximate surface area is 222 Å². The van der Waals surface area contributed by atoms with E-state index in [0.717, 1.165) is 21.7 Å². The topological polar surface area (TPSA) is 73.2 Å². The summed E-state index contributed by atoms with van der Waals surface area (Å²) in [5, 5.41) is 4.63. The van der Waals surface area contributed by atoms with Gasteiger partial charge >= 0.3 is 0 Å². The Morgan fingerprint density at radius 3 is 2.78 bits per heavy atom. The molecule has 1 aliphatic heterocycles. The van der Waals surface area contributed by atoms with E-state index in [4.69, 9.17) is 21.3 Å². The number of rotatable bonds is 6. The molecule has 1 amide bonds. The minimum atomic E-state index is -0.189. The zero-order valence-electron chi connectivity index (χ0n) is 20.2. The number of ether oxygens (including phenoxy) is 1. The smallest absolute Gasteiger partial charge is 0.267 e. The predicted octanol–water partition coefficient (Wildman–Crippen LogP) is 6.24. The maximum Gasteiger partial charge on any atom is 0.267 e. The summed E-state index contributed by atoms with van der Waals surface area (Å²) in [7, 11) is 0. The van der Waals surface area contributed by atoms with E-state index < -0.39 is 0 Å². The Morgan fingerprint density at radius 1 is 1.28 bits per heavy atom. The Bertz CT molecular complexity index is 1490. The molecule has 0 bridgehead atoms. The van der Waals surface area contributed by atoms with E-state index in [1.54, 1.807) is 28.8 Å². The van der Waals surface area contributed by atoms with Crippen molar-refractivity contribution in [1.29, 1.82) is 0 Å². The molecule has 0 radical (unpaired) electrons. The molecule has 9 heteroatoms. The molecule has 4 aromatic rings. The van der Waals surface area contributed by atoms with Crippen LogP contribution in [0.1, 0.15) is 29.9 Å². The zero-order chi connectivity index (χ0) is 25.4. The van der Waals surface area contributed by atoms with Gasteiger partial charge in [-0.05, 0) is 60.4 Å². The van der Waals surface area contributed by atoms with Gasteiger partial charge in [-0.1, -0.05) is 49.3 Å². The molecule has 1 atom stereocenters. The summed E-state index contributed by atoms with van der Waals surface area (Å²) < 4.78 is 7.69. The number of anilines is 1. The Hall–Kier alpha value is -2.65. The minimum Gasteiger partial charge on any atom is -0.372 e. The van der Waals surface area contributed by atoms with Crippen LogP contribution in [0.5, 0.6) is 0 Å². The molecular formula is C27H26ClN3O3S2. The lowest BCUT2D eigenvalue weighted by Crippen LogP contribution is -2.28. The molecule has 36 heavy (non-hydrogen) atoms. The molecule has 2 aromatic heterocycles. The molecule has 186 valence electrons. The van der Waals surface area contributed by atoms with Gasteiger partial charge in [-0.15, -0.1) is 11.3 Å². The fraction of sp³-hybridized carbons (Fsp3) is 0.296. The van der Waals surface area contributed by atoms with E-state index in [0.29, 0.717) is 45.0 Å². The summed E-state index contributed by atoms with van der Waals surface area (Å²) in [5.74, 6) is 0.274. The highest BCUT2D eigenvalue weighted by Crippen LogP contribution is 2.36. The van der Waals surface area contributed by atoms with E-state index in [1.165, 1.54) is 23.1 Å². The number of nitrogens with one attached hydrogen (secondary N) is 1. The standard InChI is InChI=1S/C27H26ClN3O3S2/c1-15(2)21-12-20-22(13-34-21)36-25-24(20)26(33)31(19-6-4-5-16(3)11-19)27(30-25)35-14-23(32)29-18-9-7-17(28)8-10-18/h4-11,15,21H,12-14H2,1-3H3,(H,29,32)/t21-/m1/s1. The van der Waals surface area contributed by atoms with Crippen LogP contribution in [0, 0.1) is 12.8 Å². The lowest BCUT2D eigenvalue weighted by atomic mass is 9.96. The largest absolute Gasteiger partial charge is 0.372 e. The fourth-order valence-electron chi connectivity index (χ4n) is 4.29. The molecular weight excluding hydrogens is 514 g/mol. The third-order valence-electron chi connectivity index (χ3n) is 6.18. The van der Waals surface area contributed by atoms with E-state index in [2.05, 4.69) is 19.2 Å². The van der Waals surface area contributed by atoms with Crippen molar-refractivity contribution in [3.05, 3.63) is 79.9 Å². The molecule has 0 saturated carbocycles. The fourth-order valence-corrected chi connectivity index (χ4v) is 6.39. The van der Waals surface area contributed by atoms with Crippen LogP contribution in [-0.2, 0) is 22.6 Å². The number of thiophene rings is 1. The van der Waals surface area contributed by atoms with Crippen molar-refractivity contribution in [3.63, 3.8) is 0 Å². The summed E-state index contributed by atoms with van der Waals surface area (Å²) in [6.45, 7) is 6.76. The molecule has 0 aliphatic carbocycles. The minimum absolute atomic E-state index is 0.0766. The van der Waals surface area contributed by atoms with Gasteiger partial charge in [0.1, 0.15) is 4.83 Å². The Morgan fingerprint density at radius 2 is 2.06 bits per heavy atom. The van der Waals surface area contributed by atoms with Crippen molar-refractivity contribution >= 4 is 56.5 Å². The van der Waals surface area contributed by atoms with Crippen LogP contribution in [0.2, 0.25) is 5.02 Å². The average molecular weight is 540 g/mol. The Balaban J connectivity index is 1.53. The highest BCUT2D eigenvalue weighted by molar-refractivity contribution is 7.99. The molecule has 0 fully saturated rings. The lowest BCUT2D eigenvalue weighted by molar-refractivity contribution is -0.113. The second-order valence-electron chi connectivity index (χ2n) is 9.20. The molecule has 6 nitrogen and oxygen atoms in total. The quantitative estimate of drug-likeness (QED) is 0.232. The van der Waals surface area contributed by atoms with Crippen LogP contribution in [0.15, 0.2) is 58.5 Å². The summed E-state index contributed by atoms with van der Waals surface area (Å²) >= 11 is 8.69. The molecule has 0 unspecified atom stereocenters. The zero-order valence-corrected chi connectivity index (χ0v) is 22.6. The Kier molecular flexibility index (Phi) is 7.21.